The van der Waals surface area contributed by atoms with Gasteiger partial charge in [-0.25, -0.2) is 4.98 Å². The molecule has 6 heteroatoms. The van der Waals surface area contributed by atoms with Gasteiger partial charge in [-0.2, -0.15) is 0 Å². The van der Waals surface area contributed by atoms with Gasteiger partial charge < -0.3 is 10.8 Å². The van der Waals surface area contributed by atoms with Gasteiger partial charge in [-0.15, -0.1) is 11.3 Å². The lowest BCUT2D eigenvalue weighted by atomic mass is 10.0. The number of hydrogen-bond donors (Lipinski definition) is 2. The van der Waals surface area contributed by atoms with E-state index in [4.69, 9.17) is 10.8 Å². The Morgan fingerprint density at radius 3 is 2.94 bits per heavy atom. The first-order chi connectivity index (χ1) is 7.92. The number of thiazole rings is 1. The van der Waals surface area contributed by atoms with Crippen LogP contribution in [-0.4, -0.2) is 39.6 Å². The number of nitrogens with two attached hydrogens (primary N) is 1. The molecule has 17 heavy (non-hydrogen) atoms. The summed E-state index contributed by atoms with van der Waals surface area (Å²) < 4.78 is 0. The molecule has 1 aromatic rings. The van der Waals surface area contributed by atoms with E-state index in [1.54, 1.807) is 11.3 Å². The molecule has 1 saturated heterocycles. The van der Waals surface area contributed by atoms with Crippen LogP contribution in [0.2, 0.25) is 0 Å². The van der Waals surface area contributed by atoms with Crippen LogP contribution in [0.1, 0.15) is 30.1 Å². The van der Waals surface area contributed by atoms with Crippen LogP contribution < -0.4 is 5.73 Å². The van der Waals surface area contributed by atoms with Crippen LogP contribution in [0, 0.1) is 6.92 Å². The second kappa shape index (κ2) is 4.36. The quantitative estimate of drug-likeness (QED) is 0.842. The molecule has 1 fully saturated rings. The van der Waals surface area contributed by atoms with Crippen LogP contribution in [0.5, 0.6) is 0 Å². The number of carbonyl (C=O) groups is 1. The van der Waals surface area contributed by atoms with E-state index in [-0.39, 0.29) is 6.04 Å². The van der Waals surface area contributed by atoms with E-state index >= 15 is 0 Å². The first-order valence-corrected chi connectivity index (χ1v) is 6.49. The summed E-state index contributed by atoms with van der Waals surface area (Å²) in [6.45, 7) is 5.11. The van der Waals surface area contributed by atoms with Gasteiger partial charge in [0.05, 0.1) is 16.7 Å². The third kappa shape index (κ3) is 2.34. The Bertz CT molecular complexity index is 434. The van der Waals surface area contributed by atoms with Crippen LogP contribution in [0.25, 0.3) is 0 Å². The number of nitrogens with zero attached hydrogens (tertiary/aromatic N) is 2. The first kappa shape index (κ1) is 12.5. The van der Waals surface area contributed by atoms with E-state index in [0.29, 0.717) is 19.5 Å². The molecule has 5 nitrogen and oxygen atoms in total. The lowest BCUT2D eigenvalue weighted by Crippen LogP contribution is -2.50. The van der Waals surface area contributed by atoms with Gasteiger partial charge in [-0.1, -0.05) is 0 Å². The molecule has 0 aliphatic carbocycles. The minimum atomic E-state index is -1.10. The number of carboxylic acid groups (broad SMARTS) is 1. The average molecular weight is 255 g/mol. The maximum atomic E-state index is 11.1. The molecule has 0 saturated carbocycles. The number of aromatic nitrogens is 1. The van der Waals surface area contributed by atoms with Gasteiger partial charge in [0.2, 0.25) is 0 Å². The van der Waals surface area contributed by atoms with Crippen molar-refractivity contribution in [2.24, 2.45) is 5.73 Å². The van der Waals surface area contributed by atoms with Gasteiger partial charge in [-0.3, -0.25) is 9.69 Å². The summed E-state index contributed by atoms with van der Waals surface area (Å²) in [5.74, 6) is -0.915. The average Bonchev–Trinajstić information content (AvgIpc) is 2.85. The Morgan fingerprint density at radius 2 is 2.47 bits per heavy atom. The SMILES string of the molecule is Cc1nc(C(C)N2CCC(N)(C(=O)O)C2)cs1. The highest BCUT2D eigenvalue weighted by atomic mass is 32.1. The Labute approximate surface area is 104 Å². The summed E-state index contributed by atoms with van der Waals surface area (Å²) in [6, 6.07) is 0.129. The molecule has 0 bridgehead atoms. The van der Waals surface area contributed by atoms with Crippen molar-refractivity contribution >= 4 is 17.3 Å². The first-order valence-electron chi connectivity index (χ1n) is 5.61. The molecule has 0 amide bonds. The lowest BCUT2D eigenvalue weighted by molar-refractivity contribution is -0.142. The van der Waals surface area contributed by atoms with Gasteiger partial charge >= 0.3 is 5.97 Å². The van der Waals surface area contributed by atoms with Crippen LogP contribution >= 0.6 is 11.3 Å². The van der Waals surface area contributed by atoms with Crippen LogP contribution in [0.4, 0.5) is 0 Å². The standard InChI is InChI=1S/C11H17N3O2S/c1-7(9-5-17-8(2)13-9)14-4-3-11(12,6-14)10(15)16/h5,7H,3-4,6,12H2,1-2H3,(H,15,16). The summed E-state index contributed by atoms with van der Waals surface area (Å²) in [5, 5.41) is 12.1. The minimum absolute atomic E-state index is 0.129. The third-order valence-electron chi connectivity index (χ3n) is 3.37. The van der Waals surface area contributed by atoms with E-state index in [1.807, 2.05) is 19.2 Å². The Balaban J connectivity index is 2.08. The molecule has 2 heterocycles. The fourth-order valence-electron chi connectivity index (χ4n) is 2.13. The zero-order valence-electron chi connectivity index (χ0n) is 10.0. The number of aliphatic carboxylic acids is 1. The largest absolute Gasteiger partial charge is 0.480 e. The Hall–Kier alpha value is -0.980. The highest BCUT2D eigenvalue weighted by Gasteiger charge is 2.42. The molecule has 0 radical (unpaired) electrons. The van der Waals surface area contributed by atoms with Crippen molar-refractivity contribution in [2.45, 2.75) is 31.8 Å². The Kier molecular flexibility index (Phi) is 3.20. The summed E-state index contributed by atoms with van der Waals surface area (Å²) in [5.41, 5.74) is 5.76. The van der Waals surface area contributed by atoms with E-state index in [1.165, 1.54) is 0 Å². The van der Waals surface area contributed by atoms with Crippen LogP contribution in [0.15, 0.2) is 5.38 Å². The van der Waals surface area contributed by atoms with Gasteiger partial charge in [0, 0.05) is 18.5 Å². The number of likely N-dealkylation sites (tertiary alicyclic amines) is 1. The van der Waals surface area contributed by atoms with Crippen molar-refractivity contribution < 1.29 is 9.90 Å². The van der Waals surface area contributed by atoms with E-state index in [0.717, 1.165) is 10.7 Å². The maximum Gasteiger partial charge on any atom is 0.325 e. The molecule has 1 aromatic heterocycles. The predicted molar refractivity (Wildman–Crippen MR) is 66.0 cm³/mol. The number of rotatable bonds is 3. The molecule has 1 aliphatic heterocycles. The van der Waals surface area contributed by atoms with E-state index in [2.05, 4.69) is 9.88 Å². The monoisotopic (exact) mass is 255 g/mol. The van der Waals surface area contributed by atoms with Crippen LogP contribution in [-0.2, 0) is 4.79 Å². The highest BCUT2D eigenvalue weighted by Crippen LogP contribution is 2.29. The van der Waals surface area contributed by atoms with Crippen molar-refractivity contribution in [3.05, 3.63) is 16.1 Å². The van der Waals surface area contributed by atoms with Gasteiger partial charge in [0.25, 0.3) is 0 Å². The number of aryl methyl sites for hydroxylation is 1. The van der Waals surface area contributed by atoms with Crippen LogP contribution in [0.3, 0.4) is 0 Å². The van der Waals surface area contributed by atoms with Gasteiger partial charge in [0.1, 0.15) is 5.54 Å². The van der Waals surface area contributed by atoms with E-state index < -0.39 is 11.5 Å². The lowest BCUT2D eigenvalue weighted by Gasteiger charge is -2.24. The third-order valence-corrected chi connectivity index (χ3v) is 4.16. The second-order valence-electron chi connectivity index (χ2n) is 4.65. The molecular weight excluding hydrogens is 238 g/mol. The molecule has 0 aromatic carbocycles. The summed E-state index contributed by atoms with van der Waals surface area (Å²) in [7, 11) is 0. The summed E-state index contributed by atoms with van der Waals surface area (Å²) in [4.78, 5) is 17.6. The molecule has 3 N–H and O–H groups in total. The zero-order chi connectivity index (χ0) is 12.6. The normalized spacial score (nSPS) is 27.2. The van der Waals surface area contributed by atoms with Crippen molar-refractivity contribution in [3.8, 4) is 0 Å². The molecule has 1 aliphatic rings. The Morgan fingerprint density at radius 1 is 1.76 bits per heavy atom. The number of carboxylic acids is 1. The van der Waals surface area contributed by atoms with Gasteiger partial charge in [-0.05, 0) is 20.3 Å². The predicted octanol–water partition coefficient (Wildman–Crippen LogP) is 1.00. The molecule has 2 rings (SSSR count). The van der Waals surface area contributed by atoms with Crippen molar-refractivity contribution in [1.29, 1.82) is 0 Å². The highest BCUT2D eigenvalue weighted by molar-refractivity contribution is 7.09. The topological polar surface area (TPSA) is 79.5 Å². The fourth-order valence-corrected chi connectivity index (χ4v) is 2.83. The van der Waals surface area contributed by atoms with Crippen molar-refractivity contribution in [2.75, 3.05) is 13.1 Å². The summed E-state index contributed by atoms with van der Waals surface area (Å²) >= 11 is 1.61. The maximum absolute atomic E-state index is 11.1. The molecule has 0 spiro atoms. The molecule has 94 valence electrons. The van der Waals surface area contributed by atoms with Crippen molar-refractivity contribution in [1.82, 2.24) is 9.88 Å². The molecular formula is C11H17N3O2S. The second-order valence-corrected chi connectivity index (χ2v) is 5.71. The fraction of sp³-hybridized carbons (Fsp3) is 0.636. The van der Waals surface area contributed by atoms with Gasteiger partial charge in [0.15, 0.2) is 0 Å². The zero-order valence-corrected chi connectivity index (χ0v) is 10.8. The van der Waals surface area contributed by atoms with E-state index in [9.17, 15) is 4.79 Å². The summed E-state index contributed by atoms with van der Waals surface area (Å²) in [6.07, 6.45) is 0.496. The number of hydrogen-bond acceptors (Lipinski definition) is 5. The molecule has 2 atom stereocenters. The van der Waals surface area contributed by atoms with Crippen molar-refractivity contribution in [3.63, 3.8) is 0 Å². The minimum Gasteiger partial charge on any atom is -0.480 e. The smallest absolute Gasteiger partial charge is 0.325 e. The molecule has 2 unspecified atom stereocenters.